The Labute approximate surface area is 101 Å². The molecule has 0 spiro atoms. The molecule has 98 valence electrons. The second-order valence-corrected chi connectivity index (χ2v) is 3.30. The molecular formula is C8H12N6O4. The number of carboxylic acids is 1. The molecule has 0 saturated carbocycles. The first-order chi connectivity index (χ1) is 8.47. The lowest BCUT2D eigenvalue weighted by Crippen LogP contribution is -2.40. The molecule has 10 heteroatoms. The standard InChI is InChI=1S/C8H12N6O4/c9-6(15)2-11-8(18)10-1-5-3-14(13-12-5)4-7(16)17/h3H,1-2,4H2,(H2,9,15)(H,16,17)(H2,10,11,18). The van der Waals surface area contributed by atoms with Crippen LogP contribution < -0.4 is 16.4 Å². The summed E-state index contributed by atoms with van der Waals surface area (Å²) in [5.74, 6) is -1.70. The summed E-state index contributed by atoms with van der Waals surface area (Å²) >= 11 is 0. The van der Waals surface area contributed by atoms with Gasteiger partial charge in [-0.3, -0.25) is 9.59 Å². The van der Waals surface area contributed by atoms with E-state index in [0.717, 1.165) is 4.68 Å². The zero-order valence-electron chi connectivity index (χ0n) is 9.29. The number of primary amides is 1. The Hall–Kier alpha value is -2.65. The van der Waals surface area contributed by atoms with Crippen LogP contribution in [0.2, 0.25) is 0 Å². The highest BCUT2D eigenvalue weighted by atomic mass is 16.4. The topological polar surface area (TPSA) is 152 Å². The Balaban J connectivity index is 2.34. The van der Waals surface area contributed by atoms with Gasteiger partial charge in [0.25, 0.3) is 0 Å². The maximum absolute atomic E-state index is 11.1. The van der Waals surface area contributed by atoms with Gasteiger partial charge in [0.1, 0.15) is 12.2 Å². The summed E-state index contributed by atoms with van der Waals surface area (Å²) in [5.41, 5.74) is 5.23. The van der Waals surface area contributed by atoms with Gasteiger partial charge < -0.3 is 21.5 Å². The van der Waals surface area contributed by atoms with Crippen molar-refractivity contribution in [2.75, 3.05) is 6.54 Å². The lowest BCUT2D eigenvalue weighted by molar-refractivity contribution is -0.137. The van der Waals surface area contributed by atoms with Crippen LogP contribution in [0.5, 0.6) is 0 Å². The highest BCUT2D eigenvalue weighted by molar-refractivity contribution is 5.82. The summed E-state index contributed by atoms with van der Waals surface area (Å²) in [5, 5.41) is 20.3. The molecule has 0 aromatic carbocycles. The average Bonchev–Trinajstić information content (AvgIpc) is 2.70. The van der Waals surface area contributed by atoms with Gasteiger partial charge in [0.15, 0.2) is 0 Å². The van der Waals surface area contributed by atoms with Crippen molar-refractivity contribution in [2.24, 2.45) is 5.73 Å². The number of nitrogens with one attached hydrogen (secondary N) is 2. The molecule has 3 amide bonds. The predicted molar refractivity (Wildman–Crippen MR) is 57.1 cm³/mol. The number of aliphatic carboxylic acids is 1. The molecule has 1 rings (SSSR count). The molecule has 5 N–H and O–H groups in total. The number of amides is 3. The lowest BCUT2D eigenvalue weighted by atomic mass is 10.4. The molecular weight excluding hydrogens is 244 g/mol. The summed E-state index contributed by atoms with van der Waals surface area (Å²) in [7, 11) is 0. The molecule has 0 aliphatic rings. The number of carbonyl (C=O) groups excluding carboxylic acids is 2. The molecule has 0 radical (unpaired) electrons. The normalized spacial score (nSPS) is 9.78. The first-order valence-corrected chi connectivity index (χ1v) is 4.88. The molecule has 1 aromatic heterocycles. The second-order valence-electron chi connectivity index (χ2n) is 3.30. The van der Waals surface area contributed by atoms with Gasteiger partial charge in [-0.1, -0.05) is 5.21 Å². The van der Waals surface area contributed by atoms with Crippen molar-refractivity contribution in [1.29, 1.82) is 0 Å². The molecule has 18 heavy (non-hydrogen) atoms. The van der Waals surface area contributed by atoms with Crippen molar-refractivity contribution in [3.63, 3.8) is 0 Å². The number of rotatable bonds is 6. The minimum atomic E-state index is -1.04. The number of aromatic nitrogens is 3. The van der Waals surface area contributed by atoms with E-state index in [-0.39, 0.29) is 19.6 Å². The van der Waals surface area contributed by atoms with Crippen LogP contribution in [0.3, 0.4) is 0 Å². The number of urea groups is 1. The van der Waals surface area contributed by atoms with Crippen molar-refractivity contribution < 1.29 is 19.5 Å². The smallest absolute Gasteiger partial charge is 0.325 e. The maximum atomic E-state index is 11.1. The Kier molecular flexibility index (Phi) is 4.60. The number of nitrogens with two attached hydrogens (primary N) is 1. The molecule has 0 fully saturated rings. The van der Waals surface area contributed by atoms with E-state index in [4.69, 9.17) is 10.8 Å². The van der Waals surface area contributed by atoms with E-state index in [1.54, 1.807) is 0 Å². The summed E-state index contributed by atoms with van der Waals surface area (Å²) < 4.78 is 1.13. The van der Waals surface area contributed by atoms with Gasteiger partial charge in [0.05, 0.1) is 19.3 Å². The fourth-order valence-electron chi connectivity index (χ4n) is 1.04. The van der Waals surface area contributed by atoms with Gasteiger partial charge in [-0.15, -0.1) is 5.10 Å². The van der Waals surface area contributed by atoms with Crippen LogP contribution in [0.1, 0.15) is 5.69 Å². The van der Waals surface area contributed by atoms with Crippen LogP contribution in [-0.4, -0.2) is 44.6 Å². The van der Waals surface area contributed by atoms with E-state index < -0.39 is 17.9 Å². The van der Waals surface area contributed by atoms with Crippen LogP contribution in [0.25, 0.3) is 0 Å². The molecule has 0 aliphatic carbocycles. The zero-order chi connectivity index (χ0) is 13.5. The third-order valence-corrected chi connectivity index (χ3v) is 1.74. The second kappa shape index (κ2) is 6.18. The van der Waals surface area contributed by atoms with Gasteiger partial charge in [-0.2, -0.15) is 0 Å². The minimum Gasteiger partial charge on any atom is -0.480 e. The summed E-state index contributed by atoms with van der Waals surface area (Å²) in [6.45, 7) is -0.511. The van der Waals surface area contributed by atoms with Crippen LogP contribution in [0.15, 0.2) is 6.20 Å². The SMILES string of the molecule is NC(=O)CNC(=O)NCc1cn(CC(=O)O)nn1. The first-order valence-electron chi connectivity index (χ1n) is 4.88. The molecule has 0 aliphatic heterocycles. The van der Waals surface area contributed by atoms with Crippen molar-refractivity contribution in [1.82, 2.24) is 25.6 Å². The molecule has 1 aromatic rings. The highest BCUT2D eigenvalue weighted by Crippen LogP contribution is 1.92. The summed E-state index contributed by atoms with van der Waals surface area (Å²) in [6, 6.07) is -0.582. The van der Waals surface area contributed by atoms with Crippen LogP contribution >= 0.6 is 0 Å². The molecule has 10 nitrogen and oxygen atoms in total. The Bertz CT molecular complexity index is 456. The fourth-order valence-corrected chi connectivity index (χ4v) is 1.04. The molecule has 1 heterocycles. The number of nitrogens with zero attached hydrogens (tertiary/aromatic N) is 3. The van der Waals surface area contributed by atoms with Crippen LogP contribution in [0.4, 0.5) is 4.79 Å². The van der Waals surface area contributed by atoms with Crippen molar-refractivity contribution in [3.8, 4) is 0 Å². The summed E-state index contributed by atoms with van der Waals surface area (Å²) in [6.07, 6.45) is 1.39. The maximum Gasteiger partial charge on any atom is 0.325 e. The first kappa shape index (κ1) is 13.4. The minimum absolute atomic E-state index is 0.0597. The fraction of sp³-hybridized carbons (Fsp3) is 0.375. The predicted octanol–water partition coefficient (Wildman–Crippen LogP) is -2.35. The lowest BCUT2D eigenvalue weighted by Gasteiger charge is -2.03. The number of hydrogen-bond donors (Lipinski definition) is 4. The number of carboxylic acid groups (broad SMARTS) is 1. The van der Waals surface area contributed by atoms with E-state index in [1.165, 1.54) is 6.20 Å². The van der Waals surface area contributed by atoms with E-state index in [2.05, 4.69) is 20.9 Å². The molecule has 0 saturated heterocycles. The molecule has 0 bridgehead atoms. The Morgan fingerprint density at radius 2 is 2.11 bits per heavy atom. The third kappa shape index (κ3) is 4.92. The molecule has 0 atom stereocenters. The van der Waals surface area contributed by atoms with E-state index in [1.807, 2.05) is 0 Å². The van der Waals surface area contributed by atoms with Crippen LogP contribution in [-0.2, 0) is 22.7 Å². The van der Waals surface area contributed by atoms with Gasteiger partial charge in [0.2, 0.25) is 5.91 Å². The quantitative estimate of drug-likeness (QED) is 0.447. The molecule has 0 unspecified atom stereocenters. The van der Waals surface area contributed by atoms with Gasteiger partial charge in [-0.05, 0) is 0 Å². The third-order valence-electron chi connectivity index (χ3n) is 1.74. The van der Waals surface area contributed by atoms with Crippen molar-refractivity contribution in [3.05, 3.63) is 11.9 Å². The highest BCUT2D eigenvalue weighted by Gasteiger charge is 2.06. The van der Waals surface area contributed by atoms with E-state index in [0.29, 0.717) is 5.69 Å². The van der Waals surface area contributed by atoms with E-state index >= 15 is 0 Å². The average molecular weight is 256 g/mol. The Morgan fingerprint density at radius 1 is 1.39 bits per heavy atom. The van der Waals surface area contributed by atoms with Gasteiger partial charge >= 0.3 is 12.0 Å². The summed E-state index contributed by atoms with van der Waals surface area (Å²) in [4.78, 5) is 31.9. The Morgan fingerprint density at radius 3 is 2.72 bits per heavy atom. The van der Waals surface area contributed by atoms with Gasteiger partial charge in [0, 0.05) is 0 Å². The van der Waals surface area contributed by atoms with Crippen molar-refractivity contribution in [2.45, 2.75) is 13.1 Å². The zero-order valence-corrected chi connectivity index (χ0v) is 9.29. The van der Waals surface area contributed by atoms with Crippen molar-refractivity contribution >= 4 is 17.9 Å². The monoisotopic (exact) mass is 256 g/mol. The van der Waals surface area contributed by atoms with Crippen LogP contribution in [0, 0.1) is 0 Å². The number of hydrogen-bond acceptors (Lipinski definition) is 5. The van der Waals surface area contributed by atoms with Gasteiger partial charge in [-0.25, -0.2) is 9.48 Å². The number of carbonyl (C=O) groups is 3. The largest absolute Gasteiger partial charge is 0.480 e. The van der Waals surface area contributed by atoms with E-state index in [9.17, 15) is 14.4 Å².